The van der Waals surface area contributed by atoms with Crippen molar-refractivity contribution in [2.75, 3.05) is 12.9 Å². The average Bonchev–Trinajstić information content (AvgIpc) is 3.25. The summed E-state index contributed by atoms with van der Waals surface area (Å²) in [6.07, 6.45) is 1.54. The molecule has 1 heterocycles. The van der Waals surface area contributed by atoms with E-state index in [1.165, 1.54) is 18.0 Å². The second kappa shape index (κ2) is 11.0. The number of hydrogen-bond acceptors (Lipinski definition) is 7. The molecule has 1 aromatic heterocycles. The highest BCUT2D eigenvalue weighted by molar-refractivity contribution is 9.10. The number of nitrogens with zero attached hydrogens (tertiary/aromatic N) is 2. The van der Waals surface area contributed by atoms with E-state index >= 15 is 0 Å². The first-order valence-corrected chi connectivity index (χ1v) is 11.7. The number of aromatic nitrogens is 1. The molecule has 1 amide bonds. The lowest BCUT2D eigenvalue weighted by atomic mass is 10.2. The summed E-state index contributed by atoms with van der Waals surface area (Å²) in [6, 6.07) is 20.9. The van der Waals surface area contributed by atoms with Crippen molar-refractivity contribution in [2.24, 2.45) is 5.10 Å². The number of fused-ring (bicyclic) bond motifs is 1. The van der Waals surface area contributed by atoms with Gasteiger partial charge in [0.25, 0.3) is 11.1 Å². The van der Waals surface area contributed by atoms with Gasteiger partial charge in [-0.25, -0.2) is 10.4 Å². The van der Waals surface area contributed by atoms with Crippen LogP contribution >= 0.6 is 27.7 Å². The Morgan fingerprint density at radius 1 is 1.18 bits per heavy atom. The van der Waals surface area contributed by atoms with E-state index in [0.29, 0.717) is 28.9 Å². The Labute approximate surface area is 203 Å². The highest BCUT2D eigenvalue weighted by Crippen LogP contribution is 2.36. The van der Waals surface area contributed by atoms with Gasteiger partial charge in [0.05, 0.1) is 23.5 Å². The molecule has 0 radical (unpaired) electrons. The molecular weight excluding hydrogens is 506 g/mol. The van der Waals surface area contributed by atoms with Gasteiger partial charge in [0, 0.05) is 0 Å². The minimum Gasteiger partial charge on any atom is -0.493 e. The molecule has 0 unspecified atom stereocenters. The third-order valence-electron chi connectivity index (χ3n) is 4.48. The fraction of sp³-hybridized carbons (Fsp3) is 0.125. The van der Waals surface area contributed by atoms with Gasteiger partial charge in [0.2, 0.25) is 0 Å². The van der Waals surface area contributed by atoms with E-state index in [-0.39, 0.29) is 11.7 Å². The number of carbonyl (C=O) groups excluding carboxylic acids is 1. The lowest BCUT2D eigenvalue weighted by Crippen LogP contribution is -2.19. The number of halogens is 1. The Morgan fingerprint density at radius 3 is 2.76 bits per heavy atom. The summed E-state index contributed by atoms with van der Waals surface area (Å²) < 4.78 is 17.7. The lowest BCUT2D eigenvalue weighted by molar-refractivity contribution is -0.118. The van der Waals surface area contributed by atoms with Gasteiger partial charge < -0.3 is 13.9 Å². The first-order chi connectivity index (χ1) is 16.1. The minimum absolute atomic E-state index is 0.128. The maximum Gasteiger partial charge on any atom is 0.257 e. The summed E-state index contributed by atoms with van der Waals surface area (Å²) >= 11 is 4.73. The molecule has 33 heavy (non-hydrogen) atoms. The highest BCUT2D eigenvalue weighted by atomic mass is 79.9. The normalized spacial score (nSPS) is 11.1. The molecule has 1 N–H and O–H groups in total. The number of rotatable bonds is 9. The number of hydrogen-bond donors (Lipinski definition) is 1. The van der Waals surface area contributed by atoms with Gasteiger partial charge in [-0.05, 0) is 51.3 Å². The van der Waals surface area contributed by atoms with Crippen molar-refractivity contribution in [3.05, 3.63) is 82.3 Å². The van der Waals surface area contributed by atoms with E-state index < -0.39 is 0 Å². The summed E-state index contributed by atoms with van der Waals surface area (Å²) in [5.74, 6) is 1.01. The molecule has 0 aliphatic carbocycles. The fourth-order valence-corrected chi connectivity index (χ4v) is 4.14. The first-order valence-electron chi connectivity index (χ1n) is 9.97. The molecule has 4 rings (SSSR count). The number of nitrogens with one attached hydrogen (secondary N) is 1. The second-order valence-electron chi connectivity index (χ2n) is 6.84. The predicted molar refractivity (Wildman–Crippen MR) is 132 cm³/mol. The molecule has 0 saturated carbocycles. The number of carbonyl (C=O) groups is 1. The SMILES string of the molecule is COc1cc(/C=N/NC(=O)CSc2nc3ccccc3o2)cc(Br)c1OCc1ccccc1. The van der Waals surface area contributed by atoms with Crippen LogP contribution in [-0.4, -0.2) is 30.0 Å². The first kappa shape index (κ1) is 22.9. The number of ether oxygens (including phenoxy) is 2. The molecule has 3 aromatic carbocycles. The van der Waals surface area contributed by atoms with Crippen molar-refractivity contribution in [3.8, 4) is 11.5 Å². The zero-order chi connectivity index (χ0) is 23.0. The quantitative estimate of drug-likeness (QED) is 0.178. The van der Waals surface area contributed by atoms with Crippen LogP contribution in [0.3, 0.4) is 0 Å². The number of para-hydroxylation sites is 2. The van der Waals surface area contributed by atoms with Crippen molar-refractivity contribution >= 4 is 50.9 Å². The molecular formula is C24H20BrN3O4S. The van der Waals surface area contributed by atoms with Crippen LogP contribution in [0, 0.1) is 0 Å². The highest BCUT2D eigenvalue weighted by Gasteiger charge is 2.12. The van der Waals surface area contributed by atoms with E-state index in [2.05, 4.69) is 31.4 Å². The van der Waals surface area contributed by atoms with Crippen LogP contribution in [0.5, 0.6) is 11.5 Å². The Hall–Kier alpha value is -3.30. The third kappa shape index (κ3) is 6.15. The lowest BCUT2D eigenvalue weighted by Gasteiger charge is -2.13. The molecule has 9 heteroatoms. The average molecular weight is 526 g/mol. The van der Waals surface area contributed by atoms with Crippen molar-refractivity contribution in [2.45, 2.75) is 11.8 Å². The third-order valence-corrected chi connectivity index (χ3v) is 5.90. The van der Waals surface area contributed by atoms with Crippen LogP contribution in [0.15, 0.2) is 85.9 Å². The predicted octanol–water partition coefficient (Wildman–Crippen LogP) is 5.42. The largest absolute Gasteiger partial charge is 0.493 e. The number of amides is 1. The van der Waals surface area contributed by atoms with Gasteiger partial charge in [0.15, 0.2) is 17.1 Å². The summed E-state index contributed by atoms with van der Waals surface area (Å²) in [5.41, 5.74) is 5.74. The number of thioether (sulfide) groups is 1. The minimum atomic E-state index is -0.271. The molecule has 4 aromatic rings. The molecule has 0 saturated heterocycles. The summed E-state index contributed by atoms with van der Waals surface area (Å²) in [7, 11) is 1.57. The topological polar surface area (TPSA) is 86.0 Å². The number of oxazole rings is 1. The zero-order valence-corrected chi connectivity index (χ0v) is 20.1. The summed E-state index contributed by atoms with van der Waals surface area (Å²) in [5, 5.41) is 4.47. The molecule has 7 nitrogen and oxygen atoms in total. The Bertz CT molecular complexity index is 1240. The fourth-order valence-electron chi connectivity index (χ4n) is 2.94. The van der Waals surface area contributed by atoms with Crippen molar-refractivity contribution in [3.63, 3.8) is 0 Å². The zero-order valence-electron chi connectivity index (χ0n) is 17.7. The van der Waals surface area contributed by atoms with Crippen LogP contribution in [0.4, 0.5) is 0 Å². The maximum absolute atomic E-state index is 12.1. The Kier molecular flexibility index (Phi) is 7.64. The molecule has 0 spiro atoms. The van der Waals surface area contributed by atoms with E-state index in [0.717, 1.165) is 21.1 Å². The van der Waals surface area contributed by atoms with E-state index in [4.69, 9.17) is 13.9 Å². The maximum atomic E-state index is 12.1. The van der Waals surface area contributed by atoms with Crippen LogP contribution in [0.25, 0.3) is 11.1 Å². The number of benzene rings is 3. The van der Waals surface area contributed by atoms with Crippen LogP contribution in [0.2, 0.25) is 0 Å². The van der Waals surface area contributed by atoms with E-state index in [1.807, 2.05) is 60.7 Å². The Morgan fingerprint density at radius 2 is 1.97 bits per heavy atom. The van der Waals surface area contributed by atoms with Crippen LogP contribution < -0.4 is 14.9 Å². The van der Waals surface area contributed by atoms with Gasteiger partial charge in [0.1, 0.15) is 12.1 Å². The van der Waals surface area contributed by atoms with Crippen molar-refractivity contribution in [1.29, 1.82) is 0 Å². The molecule has 0 aliphatic heterocycles. The molecule has 0 fully saturated rings. The van der Waals surface area contributed by atoms with Gasteiger partial charge in [-0.3, -0.25) is 4.79 Å². The molecule has 0 aliphatic rings. The van der Waals surface area contributed by atoms with E-state index in [1.54, 1.807) is 13.2 Å². The van der Waals surface area contributed by atoms with Crippen molar-refractivity contribution in [1.82, 2.24) is 10.4 Å². The summed E-state index contributed by atoms with van der Waals surface area (Å²) in [4.78, 5) is 16.4. The standard InChI is InChI=1S/C24H20BrN3O4S/c1-30-21-12-17(11-18(25)23(21)31-14-16-7-3-2-4-8-16)13-26-28-22(29)15-33-24-27-19-9-5-6-10-20(19)32-24/h2-13H,14-15H2,1H3,(H,28,29)/b26-13+. The summed E-state index contributed by atoms with van der Waals surface area (Å²) in [6.45, 7) is 0.414. The molecule has 168 valence electrons. The monoisotopic (exact) mass is 525 g/mol. The van der Waals surface area contributed by atoms with Gasteiger partial charge in [-0.1, -0.05) is 54.2 Å². The van der Waals surface area contributed by atoms with Crippen LogP contribution in [0.1, 0.15) is 11.1 Å². The second-order valence-corrected chi connectivity index (χ2v) is 8.62. The van der Waals surface area contributed by atoms with Crippen LogP contribution in [-0.2, 0) is 11.4 Å². The number of hydrazone groups is 1. The smallest absolute Gasteiger partial charge is 0.257 e. The van der Waals surface area contributed by atoms with Gasteiger partial charge in [-0.15, -0.1) is 0 Å². The van der Waals surface area contributed by atoms with Gasteiger partial charge >= 0.3 is 0 Å². The number of methoxy groups -OCH3 is 1. The van der Waals surface area contributed by atoms with E-state index in [9.17, 15) is 4.79 Å². The molecule has 0 atom stereocenters. The molecule has 0 bridgehead atoms. The van der Waals surface area contributed by atoms with Crippen molar-refractivity contribution < 1.29 is 18.7 Å². The van der Waals surface area contributed by atoms with Gasteiger partial charge in [-0.2, -0.15) is 5.10 Å². The Balaban J connectivity index is 1.33.